The number of anilines is 1. The summed E-state index contributed by atoms with van der Waals surface area (Å²) in [4.78, 5) is 21.3. The maximum atomic E-state index is 12.1. The van der Waals surface area contributed by atoms with Crippen LogP contribution in [0.1, 0.15) is 33.4 Å². The molecular formula is C21H30N4O3. The Kier molecular flexibility index (Phi) is 8.07. The molecule has 0 aliphatic rings. The van der Waals surface area contributed by atoms with Gasteiger partial charge in [-0.2, -0.15) is 0 Å². The molecule has 0 unspecified atom stereocenters. The van der Waals surface area contributed by atoms with Crippen LogP contribution in [-0.2, 0) is 4.79 Å². The number of methoxy groups -OCH3 is 1. The molecule has 152 valence electrons. The fourth-order valence-electron chi connectivity index (χ4n) is 2.95. The van der Waals surface area contributed by atoms with E-state index in [0.717, 1.165) is 12.2 Å². The minimum absolute atomic E-state index is 0.239. The molecule has 2 rings (SSSR count). The SMILES string of the molecule is COc1ccc(NC(=O)C=Cc2cnc[nH]2)cc1OCCN(C(C)C)C(C)C. The molecule has 28 heavy (non-hydrogen) atoms. The molecule has 7 heteroatoms. The lowest BCUT2D eigenvalue weighted by molar-refractivity contribution is -0.111. The Bertz CT molecular complexity index is 762. The van der Waals surface area contributed by atoms with Gasteiger partial charge >= 0.3 is 0 Å². The van der Waals surface area contributed by atoms with Gasteiger partial charge in [-0.3, -0.25) is 9.69 Å². The molecule has 0 bridgehead atoms. The molecular weight excluding hydrogens is 356 g/mol. The van der Waals surface area contributed by atoms with E-state index in [4.69, 9.17) is 9.47 Å². The number of nitrogens with one attached hydrogen (secondary N) is 2. The van der Waals surface area contributed by atoms with Crippen LogP contribution in [0.15, 0.2) is 36.8 Å². The molecule has 2 aromatic rings. The van der Waals surface area contributed by atoms with Crippen molar-refractivity contribution < 1.29 is 14.3 Å². The van der Waals surface area contributed by atoms with Crippen LogP contribution in [0.3, 0.4) is 0 Å². The zero-order valence-electron chi connectivity index (χ0n) is 17.2. The van der Waals surface area contributed by atoms with Crippen LogP contribution in [0.4, 0.5) is 5.69 Å². The average Bonchev–Trinajstić information content (AvgIpc) is 3.16. The summed E-state index contributed by atoms with van der Waals surface area (Å²) in [5, 5.41) is 2.83. The Balaban J connectivity index is 1.99. The molecule has 1 amide bonds. The van der Waals surface area contributed by atoms with Crippen LogP contribution in [0.25, 0.3) is 6.08 Å². The number of aromatic nitrogens is 2. The molecule has 0 saturated heterocycles. The molecule has 0 fully saturated rings. The van der Waals surface area contributed by atoms with Crippen LogP contribution in [0.2, 0.25) is 0 Å². The average molecular weight is 386 g/mol. The first kappa shape index (κ1) is 21.5. The lowest BCUT2D eigenvalue weighted by Crippen LogP contribution is -2.39. The van der Waals surface area contributed by atoms with Gasteiger partial charge in [-0.25, -0.2) is 4.98 Å². The third kappa shape index (κ3) is 6.42. The highest BCUT2D eigenvalue weighted by Gasteiger charge is 2.14. The van der Waals surface area contributed by atoms with Crippen LogP contribution >= 0.6 is 0 Å². The molecule has 1 heterocycles. The van der Waals surface area contributed by atoms with Crippen molar-refractivity contribution in [1.82, 2.24) is 14.9 Å². The first-order chi connectivity index (χ1) is 13.4. The van der Waals surface area contributed by atoms with Gasteiger partial charge in [0.1, 0.15) is 6.61 Å². The number of hydrogen-bond acceptors (Lipinski definition) is 5. The third-order valence-corrected chi connectivity index (χ3v) is 4.30. The number of ether oxygens (including phenoxy) is 2. The Morgan fingerprint density at radius 3 is 2.61 bits per heavy atom. The smallest absolute Gasteiger partial charge is 0.248 e. The molecule has 7 nitrogen and oxygen atoms in total. The zero-order valence-corrected chi connectivity index (χ0v) is 17.2. The van der Waals surface area contributed by atoms with Gasteiger partial charge in [0.15, 0.2) is 11.5 Å². The second-order valence-corrected chi connectivity index (χ2v) is 6.97. The number of benzene rings is 1. The van der Waals surface area contributed by atoms with E-state index in [1.807, 2.05) is 0 Å². The summed E-state index contributed by atoms with van der Waals surface area (Å²) in [7, 11) is 1.60. The minimum atomic E-state index is -0.239. The van der Waals surface area contributed by atoms with E-state index in [1.54, 1.807) is 43.9 Å². The van der Waals surface area contributed by atoms with Gasteiger partial charge in [-0.05, 0) is 45.9 Å². The summed E-state index contributed by atoms with van der Waals surface area (Å²) >= 11 is 0. The van der Waals surface area contributed by atoms with Crippen molar-refractivity contribution in [2.45, 2.75) is 39.8 Å². The van der Waals surface area contributed by atoms with Gasteiger partial charge < -0.3 is 19.8 Å². The molecule has 0 radical (unpaired) electrons. The van der Waals surface area contributed by atoms with Gasteiger partial charge in [0, 0.05) is 36.5 Å². The molecule has 2 N–H and O–H groups in total. The second-order valence-electron chi connectivity index (χ2n) is 6.97. The molecule has 0 aliphatic heterocycles. The van der Waals surface area contributed by atoms with Crippen molar-refractivity contribution in [3.63, 3.8) is 0 Å². The van der Waals surface area contributed by atoms with E-state index >= 15 is 0 Å². The molecule has 1 aromatic heterocycles. The van der Waals surface area contributed by atoms with Gasteiger partial charge in [0.2, 0.25) is 5.91 Å². The number of aromatic amines is 1. The second kappa shape index (κ2) is 10.5. The van der Waals surface area contributed by atoms with E-state index in [2.05, 4.69) is 47.9 Å². The fraction of sp³-hybridized carbons (Fsp3) is 0.429. The van der Waals surface area contributed by atoms with E-state index in [1.165, 1.54) is 6.08 Å². The Hall–Kier alpha value is -2.80. The van der Waals surface area contributed by atoms with Crippen molar-refractivity contribution in [3.8, 4) is 11.5 Å². The summed E-state index contributed by atoms with van der Waals surface area (Å²) < 4.78 is 11.3. The van der Waals surface area contributed by atoms with E-state index in [-0.39, 0.29) is 5.91 Å². The summed E-state index contributed by atoms with van der Waals surface area (Å²) in [6.07, 6.45) is 6.31. The predicted molar refractivity (Wildman–Crippen MR) is 112 cm³/mol. The monoisotopic (exact) mass is 386 g/mol. The lowest BCUT2D eigenvalue weighted by atomic mass is 10.2. The number of rotatable bonds is 10. The van der Waals surface area contributed by atoms with Crippen LogP contribution < -0.4 is 14.8 Å². The maximum Gasteiger partial charge on any atom is 0.248 e. The topological polar surface area (TPSA) is 79.5 Å². The number of imidazole rings is 1. The molecule has 0 spiro atoms. The number of hydrogen-bond donors (Lipinski definition) is 2. The van der Waals surface area contributed by atoms with Crippen molar-refractivity contribution in [2.75, 3.05) is 25.6 Å². The molecule has 0 aliphatic carbocycles. The van der Waals surface area contributed by atoms with Gasteiger partial charge in [0.05, 0.1) is 25.3 Å². The van der Waals surface area contributed by atoms with Gasteiger partial charge in [-0.15, -0.1) is 0 Å². The lowest BCUT2D eigenvalue weighted by Gasteiger charge is -2.30. The summed E-state index contributed by atoms with van der Waals surface area (Å²) in [6.45, 7) is 10.0. The molecule has 0 atom stereocenters. The van der Waals surface area contributed by atoms with Gasteiger partial charge in [0.25, 0.3) is 0 Å². The number of carbonyl (C=O) groups is 1. The maximum absolute atomic E-state index is 12.1. The van der Waals surface area contributed by atoms with E-state index < -0.39 is 0 Å². The van der Waals surface area contributed by atoms with Crippen molar-refractivity contribution in [3.05, 3.63) is 42.5 Å². The van der Waals surface area contributed by atoms with Crippen LogP contribution in [0, 0.1) is 0 Å². The number of H-pyrrole nitrogens is 1. The fourth-order valence-corrected chi connectivity index (χ4v) is 2.95. The first-order valence-electron chi connectivity index (χ1n) is 9.44. The molecule has 1 aromatic carbocycles. The quantitative estimate of drug-likeness (QED) is 0.610. The first-order valence-corrected chi connectivity index (χ1v) is 9.44. The third-order valence-electron chi connectivity index (χ3n) is 4.30. The highest BCUT2D eigenvalue weighted by molar-refractivity contribution is 6.01. The predicted octanol–water partition coefficient (Wildman–Crippen LogP) is 3.57. The van der Waals surface area contributed by atoms with Gasteiger partial charge in [-0.1, -0.05) is 0 Å². The Labute approximate surface area is 166 Å². The Morgan fingerprint density at radius 1 is 1.25 bits per heavy atom. The number of nitrogens with zero attached hydrogens (tertiary/aromatic N) is 2. The zero-order chi connectivity index (χ0) is 20.5. The summed E-state index contributed by atoms with van der Waals surface area (Å²) in [5.74, 6) is 0.994. The van der Waals surface area contributed by atoms with E-state index in [0.29, 0.717) is 35.9 Å². The van der Waals surface area contributed by atoms with Crippen molar-refractivity contribution >= 4 is 17.7 Å². The van der Waals surface area contributed by atoms with Crippen LogP contribution in [0.5, 0.6) is 11.5 Å². The number of amides is 1. The largest absolute Gasteiger partial charge is 0.493 e. The minimum Gasteiger partial charge on any atom is -0.493 e. The van der Waals surface area contributed by atoms with Crippen molar-refractivity contribution in [2.24, 2.45) is 0 Å². The normalized spacial score (nSPS) is 11.6. The standard InChI is InChI=1S/C21H30N4O3/c1-15(2)25(16(3)4)10-11-28-20-12-17(6-8-19(20)27-5)24-21(26)9-7-18-13-22-14-23-18/h6-9,12-16H,10-11H2,1-5H3,(H,22,23)(H,24,26). The highest BCUT2D eigenvalue weighted by Crippen LogP contribution is 2.30. The van der Waals surface area contributed by atoms with Crippen molar-refractivity contribution in [1.29, 1.82) is 0 Å². The van der Waals surface area contributed by atoms with E-state index in [9.17, 15) is 4.79 Å². The van der Waals surface area contributed by atoms with Crippen LogP contribution in [-0.4, -0.2) is 53.1 Å². The summed E-state index contributed by atoms with van der Waals surface area (Å²) in [5.41, 5.74) is 1.40. The summed E-state index contributed by atoms with van der Waals surface area (Å²) in [6, 6.07) is 6.22. The number of carbonyl (C=O) groups excluding carboxylic acids is 1. The highest BCUT2D eigenvalue weighted by atomic mass is 16.5. The Morgan fingerprint density at radius 2 is 2.00 bits per heavy atom. The molecule has 0 saturated carbocycles.